The molecule has 0 unspecified atom stereocenters. The topological polar surface area (TPSA) is 50.4 Å². The smallest absolute Gasteiger partial charge is 0.228 e. The molecule has 0 aliphatic carbocycles. The molecule has 0 bridgehead atoms. The van der Waals surface area contributed by atoms with E-state index in [9.17, 15) is 4.79 Å². The van der Waals surface area contributed by atoms with Gasteiger partial charge in [-0.05, 0) is 35.9 Å². The molecule has 2 rings (SSSR count). The molecule has 0 atom stereocenters. The maximum Gasteiger partial charge on any atom is 0.228 e. The van der Waals surface area contributed by atoms with Crippen LogP contribution in [0.25, 0.3) is 0 Å². The van der Waals surface area contributed by atoms with Gasteiger partial charge in [-0.1, -0.05) is 37.3 Å². The van der Waals surface area contributed by atoms with Gasteiger partial charge in [0.2, 0.25) is 5.91 Å². The first-order valence-corrected chi connectivity index (χ1v) is 7.44. The molecule has 0 saturated carbocycles. The Morgan fingerprint density at radius 1 is 1.14 bits per heavy atom. The Balaban J connectivity index is 2.02. The van der Waals surface area contributed by atoms with Gasteiger partial charge in [0.15, 0.2) is 0 Å². The van der Waals surface area contributed by atoms with Crippen LogP contribution in [-0.4, -0.2) is 19.6 Å². The average molecular weight is 298 g/mol. The second-order valence-corrected chi connectivity index (χ2v) is 5.01. The third kappa shape index (κ3) is 4.60. The molecule has 2 N–H and O–H groups in total. The molecular formula is C18H22N2O2. The van der Waals surface area contributed by atoms with Crippen LogP contribution in [0.15, 0.2) is 48.5 Å². The van der Waals surface area contributed by atoms with Gasteiger partial charge in [-0.3, -0.25) is 4.79 Å². The van der Waals surface area contributed by atoms with Crippen LogP contribution >= 0.6 is 0 Å². The third-order valence-corrected chi connectivity index (χ3v) is 3.36. The van der Waals surface area contributed by atoms with Crippen LogP contribution in [0.3, 0.4) is 0 Å². The summed E-state index contributed by atoms with van der Waals surface area (Å²) in [6, 6.07) is 15.4. The van der Waals surface area contributed by atoms with Crippen LogP contribution in [0, 0.1) is 0 Å². The highest BCUT2D eigenvalue weighted by atomic mass is 16.5. The van der Waals surface area contributed by atoms with Gasteiger partial charge in [0, 0.05) is 12.2 Å². The van der Waals surface area contributed by atoms with Gasteiger partial charge in [0.1, 0.15) is 5.75 Å². The number of hydrogen-bond donors (Lipinski definition) is 2. The lowest BCUT2D eigenvalue weighted by atomic mass is 10.1. The zero-order valence-corrected chi connectivity index (χ0v) is 13.1. The number of benzene rings is 2. The molecule has 0 heterocycles. The largest absolute Gasteiger partial charge is 0.497 e. The first-order valence-electron chi connectivity index (χ1n) is 7.44. The number of carbonyl (C=O) groups excluding carboxylic acids is 1. The summed E-state index contributed by atoms with van der Waals surface area (Å²) in [6.45, 7) is 3.70. The van der Waals surface area contributed by atoms with E-state index in [2.05, 4.69) is 17.6 Å². The van der Waals surface area contributed by atoms with Gasteiger partial charge >= 0.3 is 0 Å². The summed E-state index contributed by atoms with van der Waals surface area (Å²) in [6.07, 6.45) is 0.326. The highest BCUT2D eigenvalue weighted by Crippen LogP contribution is 2.17. The number of hydrogen-bond acceptors (Lipinski definition) is 3. The molecule has 1 amide bonds. The molecule has 2 aromatic carbocycles. The molecule has 0 aliphatic heterocycles. The summed E-state index contributed by atoms with van der Waals surface area (Å²) in [5.41, 5.74) is 2.88. The summed E-state index contributed by atoms with van der Waals surface area (Å²) in [5.74, 6) is 0.732. The molecule has 0 saturated heterocycles. The van der Waals surface area contributed by atoms with Crippen molar-refractivity contribution < 1.29 is 9.53 Å². The summed E-state index contributed by atoms with van der Waals surface area (Å²) in [5, 5.41) is 6.26. The number of methoxy groups -OCH3 is 1. The SMILES string of the molecule is CCNCc1ccccc1NC(=O)Cc1cccc(OC)c1. The zero-order chi connectivity index (χ0) is 15.8. The molecule has 0 spiro atoms. The minimum Gasteiger partial charge on any atom is -0.497 e. The Hall–Kier alpha value is -2.33. The fraction of sp³-hybridized carbons (Fsp3) is 0.278. The monoisotopic (exact) mass is 298 g/mol. The van der Waals surface area contributed by atoms with Gasteiger partial charge in [0.05, 0.1) is 13.5 Å². The maximum atomic E-state index is 12.2. The highest BCUT2D eigenvalue weighted by molar-refractivity contribution is 5.93. The van der Waals surface area contributed by atoms with Crippen LogP contribution < -0.4 is 15.4 Å². The number of para-hydroxylation sites is 1. The number of ether oxygens (including phenoxy) is 1. The fourth-order valence-corrected chi connectivity index (χ4v) is 2.22. The van der Waals surface area contributed by atoms with Crippen LogP contribution in [-0.2, 0) is 17.8 Å². The summed E-state index contributed by atoms with van der Waals surface area (Å²) >= 11 is 0. The van der Waals surface area contributed by atoms with E-state index in [1.54, 1.807) is 7.11 Å². The highest BCUT2D eigenvalue weighted by Gasteiger charge is 2.08. The van der Waals surface area contributed by atoms with Gasteiger partial charge in [-0.15, -0.1) is 0 Å². The predicted octanol–water partition coefficient (Wildman–Crippen LogP) is 2.99. The molecule has 0 fully saturated rings. The molecule has 0 aromatic heterocycles. The van der Waals surface area contributed by atoms with E-state index in [0.29, 0.717) is 6.42 Å². The van der Waals surface area contributed by atoms with Gasteiger partial charge in [0.25, 0.3) is 0 Å². The van der Waals surface area contributed by atoms with E-state index < -0.39 is 0 Å². The van der Waals surface area contributed by atoms with Crippen molar-refractivity contribution >= 4 is 11.6 Å². The zero-order valence-electron chi connectivity index (χ0n) is 13.1. The standard InChI is InChI=1S/C18H22N2O2/c1-3-19-13-15-8-4-5-10-17(15)20-18(21)12-14-7-6-9-16(11-14)22-2/h4-11,19H,3,12-13H2,1-2H3,(H,20,21). The van der Waals surface area contributed by atoms with Gasteiger partial charge < -0.3 is 15.4 Å². The first-order chi connectivity index (χ1) is 10.7. The van der Waals surface area contributed by atoms with Crippen LogP contribution in [0.4, 0.5) is 5.69 Å². The predicted molar refractivity (Wildman–Crippen MR) is 89.2 cm³/mol. The van der Waals surface area contributed by atoms with E-state index in [1.165, 1.54) is 0 Å². The lowest BCUT2D eigenvalue weighted by molar-refractivity contribution is -0.115. The minimum absolute atomic E-state index is 0.0304. The summed E-state index contributed by atoms with van der Waals surface area (Å²) < 4.78 is 5.18. The van der Waals surface area contributed by atoms with Crippen molar-refractivity contribution in [1.29, 1.82) is 0 Å². The molecule has 0 aliphatic rings. The van der Waals surface area contributed by atoms with Gasteiger partial charge in [-0.25, -0.2) is 0 Å². The van der Waals surface area contributed by atoms with E-state index in [0.717, 1.165) is 35.7 Å². The Kier molecular flexibility index (Phi) is 5.98. The maximum absolute atomic E-state index is 12.2. The molecule has 22 heavy (non-hydrogen) atoms. The molecule has 0 radical (unpaired) electrons. The summed E-state index contributed by atoms with van der Waals surface area (Å²) in [4.78, 5) is 12.2. The van der Waals surface area contributed by atoms with Crippen LogP contribution in [0.1, 0.15) is 18.1 Å². The molecule has 116 valence electrons. The van der Waals surface area contributed by atoms with Crippen molar-refractivity contribution in [2.45, 2.75) is 19.9 Å². The number of amides is 1. The number of rotatable bonds is 7. The van der Waals surface area contributed by atoms with Crippen LogP contribution in [0.5, 0.6) is 5.75 Å². The van der Waals surface area contributed by atoms with Crippen molar-refractivity contribution in [3.63, 3.8) is 0 Å². The second kappa shape index (κ2) is 8.20. The Labute approximate surface area is 131 Å². The minimum atomic E-state index is -0.0304. The number of carbonyl (C=O) groups is 1. The van der Waals surface area contributed by atoms with E-state index >= 15 is 0 Å². The first kappa shape index (κ1) is 16.0. The lowest BCUT2D eigenvalue weighted by Gasteiger charge is -2.11. The van der Waals surface area contributed by atoms with E-state index in [4.69, 9.17) is 4.74 Å². The molecule has 2 aromatic rings. The van der Waals surface area contributed by atoms with Crippen molar-refractivity contribution in [1.82, 2.24) is 5.32 Å². The van der Waals surface area contributed by atoms with E-state index in [-0.39, 0.29) is 5.91 Å². The van der Waals surface area contributed by atoms with Crippen molar-refractivity contribution in [2.75, 3.05) is 19.0 Å². The Morgan fingerprint density at radius 3 is 2.73 bits per heavy atom. The molecular weight excluding hydrogens is 276 g/mol. The van der Waals surface area contributed by atoms with E-state index in [1.807, 2.05) is 48.5 Å². The van der Waals surface area contributed by atoms with Crippen molar-refractivity contribution in [3.8, 4) is 5.75 Å². The number of nitrogens with one attached hydrogen (secondary N) is 2. The Bertz CT molecular complexity index is 626. The van der Waals surface area contributed by atoms with Crippen molar-refractivity contribution in [3.05, 3.63) is 59.7 Å². The normalized spacial score (nSPS) is 10.3. The Morgan fingerprint density at radius 2 is 1.95 bits per heavy atom. The van der Waals surface area contributed by atoms with Crippen molar-refractivity contribution in [2.24, 2.45) is 0 Å². The average Bonchev–Trinajstić information content (AvgIpc) is 2.54. The lowest BCUT2D eigenvalue weighted by Crippen LogP contribution is -2.18. The molecule has 4 heteroatoms. The van der Waals surface area contributed by atoms with Gasteiger partial charge in [-0.2, -0.15) is 0 Å². The summed E-state index contributed by atoms with van der Waals surface area (Å²) in [7, 11) is 1.62. The fourth-order valence-electron chi connectivity index (χ4n) is 2.22. The third-order valence-electron chi connectivity index (χ3n) is 3.36. The van der Waals surface area contributed by atoms with Crippen LogP contribution in [0.2, 0.25) is 0 Å². The quantitative estimate of drug-likeness (QED) is 0.826. The second-order valence-electron chi connectivity index (χ2n) is 5.01. The molecule has 4 nitrogen and oxygen atoms in total. The number of anilines is 1.